The van der Waals surface area contributed by atoms with Gasteiger partial charge in [-0.15, -0.1) is 0 Å². The third-order valence-electron chi connectivity index (χ3n) is 3.08. The number of hydrogen-bond acceptors (Lipinski definition) is 3. The zero-order chi connectivity index (χ0) is 12.8. The smallest absolute Gasteiger partial charge is 0.309 e. The number of unbranched alkanes of at least 4 members (excludes halogenated alkanes) is 1. The van der Waals surface area contributed by atoms with Gasteiger partial charge < -0.3 is 15.3 Å². The second-order valence-corrected chi connectivity index (χ2v) is 4.42. The summed E-state index contributed by atoms with van der Waals surface area (Å²) in [6.07, 6.45) is 7.69. The minimum Gasteiger partial charge on any atom is -0.481 e. The molecule has 0 heterocycles. The molecule has 0 radical (unpaired) electrons. The summed E-state index contributed by atoms with van der Waals surface area (Å²) in [7, 11) is 0. The third kappa shape index (κ3) is 3.68. The molecule has 1 rings (SSSR count). The van der Waals surface area contributed by atoms with Crippen molar-refractivity contribution in [3.8, 4) is 0 Å². The molecule has 4 heteroatoms. The lowest BCUT2D eigenvalue weighted by atomic mass is 9.94. The standard InChI is InChI=1S/C13H20O4/c1-2-3-4-5-6-7-9-8-10(14)12(15)11(9)13(16)17/h4-7,9-12,14-15H,2-3,8H2,1H3,(H,16,17)/b5-4+,7-6+/t9-,10+,11+,12-/m0/s1. The molecule has 0 unspecified atom stereocenters. The van der Waals surface area contributed by atoms with Gasteiger partial charge in [0.1, 0.15) is 0 Å². The molecule has 4 nitrogen and oxygen atoms in total. The summed E-state index contributed by atoms with van der Waals surface area (Å²) in [5.41, 5.74) is 0. The van der Waals surface area contributed by atoms with Gasteiger partial charge in [-0.05, 0) is 18.8 Å². The van der Waals surface area contributed by atoms with E-state index in [-0.39, 0.29) is 5.92 Å². The zero-order valence-electron chi connectivity index (χ0n) is 9.99. The monoisotopic (exact) mass is 240 g/mol. The van der Waals surface area contributed by atoms with E-state index in [1.54, 1.807) is 12.2 Å². The third-order valence-corrected chi connectivity index (χ3v) is 3.08. The summed E-state index contributed by atoms with van der Waals surface area (Å²) in [5.74, 6) is -2.26. The maximum Gasteiger partial charge on any atom is 0.309 e. The molecule has 0 aromatic heterocycles. The SMILES string of the molecule is CCC/C=C/C=C/[C@H]1C[C@@H](O)[C@H](O)[C@@H]1C(=O)O. The Morgan fingerprint density at radius 2 is 2.06 bits per heavy atom. The van der Waals surface area contributed by atoms with Crippen LogP contribution in [0.2, 0.25) is 0 Å². The molecule has 1 aliphatic carbocycles. The van der Waals surface area contributed by atoms with E-state index in [0.29, 0.717) is 6.42 Å². The first kappa shape index (κ1) is 13.9. The molecular weight excluding hydrogens is 220 g/mol. The number of carboxylic acid groups (broad SMARTS) is 1. The maximum absolute atomic E-state index is 11.0. The molecule has 1 fully saturated rings. The number of hydrogen-bond donors (Lipinski definition) is 3. The Labute approximate surface area is 101 Å². The molecule has 1 saturated carbocycles. The molecule has 0 aromatic carbocycles. The van der Waals surface area contributed by atoms with Crippen LogP contribution in [0, 0.1) is 11.8 Å². The van der Waals surface area contributed by atoms with Gasteiger partial charge in [-0.25, -0.2) is 0 Å². The normalized spacial score (nSPS) is 33.8. The van der Waals surface area contributed by atoms with Crippen molar-refractivity contribution in [2.45, 2.75) is 38.4 Å². The van der Waals surface area contributed by atoms with E-state index < -0.39 is 24.1 Å². The highest BCUT2D eigenvalue weighted by Gasteiger charge is 2.44. The van der Waals surface area contributed by atoms with Crippen LogP contribution >= 0.6 is 0 Å². The van der Waals surface area contributed by atoms with Crippen molar-refractivity contribution in [1.82, 2.24) is 0 Å². The van der Waals surface area contributed by atoms with Crippen LogP contribution in [0.1, 0.15) is 26.2 Å². The van der Waals surface area contributed by atoms with Crippen molar-refractivity contribution in [2.24, 2.45) is 11.8 Å². The fraction of sp³-hybridized carbons (Fsp3) is 0.615. The van der Waals surface area contributed by atoms with Crippen molar-refractivity contribution >= 4 is 5.97 Å². The summed E-state index contributed by atoms with van der Waals surface area (Å²) in [6, 6.07) is 0. The molecule has 17 heavy (non-hydrogen) atoms. The van der Waals surface area contributed by atoms with Gasteiger partial charge in [0.25, 0.3) is 0 Å². The number of aliphatic hydroxyl groups excluding tert-OH is 2. The van der Waals surface area contributed by atoms with E-state index in [9.17, 15) is 15.0 Å². The van der Waals surface area contributed by atoms with Gasteiger partial charge in [0.05, 0.1) is 18.1 Å². The fourth-order valence-electron chi connectivity index (χ4n) is 2.13. The first-order valence-electron chi connectivity index (χ1n) is 6.00. The fourth-order valence-corrected chi connectivity index (χ4v) is 2.13. The van der Waals surface area contributed by atoms with Crippen LogP contribution in [0.5, 0.6) is 0 Å². The topological polar surface area (TPSA) is 77.8 Å². The number of rotatable bonds is 5. The molecule has 0 spiro atoms. The Hall–Kier alpha value is -1.13. The van der Waals surface area contributed by atoms with Crippen LogP contribution in [0.15, 0.2) is 24.3 Å². The van der Waals surface area contributed by atoms with Crippen LogP contribution in [-0.2, 0) is 4.79 Å². The quantitative estimate of drug-likeness (QED) is 0.634. The van der Waals surface area contributed by atoms with Gasteiger partial charge in [0.2, 0.25) is 0 Å². The van der Waals surface area contributed by atoms with Crippen LogP contribution in [0.4, 0.5) is 0 Å². The van der Waals surface area contributed by atoms with Crippen molar-refractivity contribution in [3.05, 3.63) is 24.3 Å². The molecule has 4 atom stereocenters. The summed E-state index contributed by atoms with van der Waals surface area (Å²) in [6.45, 7) is 2.08. The lowest BCUT2D eigenvalue weighted by Crippen LogP contribution is -2.31. The van der Waals surface area contributed by atoms with Crippen LogP contribution in [-0.4, -0.2) is 33.5 Å². The molecule has 3 N–H and O–H groups in total. The van der Waals surface area contributed by atoms with Gasteiger partial charge in [0, 0.05) is 0 Å². The van der Waals surface area contributed by atoms with Gasteiger partial charge >= 0.3 is 5.97 Å². The van der Waals surface area contributed by atoms with E-state index in [1.807, 2.05) is 12.2 Å². The first-order chi connectivity index (χ1) is 8.07. The number of carbonyl (C=O) groups is 1. The predicted molar refractivity (Wildman–Crippen MR) is 64.4 cm³/mol. The average Bonchev–Trinajstić information content (AvgIpc) is 2.54. The zero-order valence-corrected chi connectivity index (χ0v) is 9.99. The second kappa shape index (κ2) is 6.57. The van der Waals surface area contributed by atoms with E-state index >= 15 is 0 Å². The number of carboxylic acids is 1. The lowest BCUT2D eigenvalue weighted by molar-refractivity contribution is -0.146. The molecule has 0 amide bonds. The Kier molecular flexibility index (Phi) is 5.38. The number of aliphatic carboxylic acids is 1. The molecule has 0 aliphatic heterocycles. The van der Waals surface area contributed by atoms with Gasteiger partial charge in [-0.1, -0.05) is 37.6 Å². The van der Waals surface area contributed by atoms with Gasteiger partial charge in [0.15, 0.2) is 0 Å². The molecule has 96 valence electrons. The Bertz CT molecular complexity index is 309. The lowest BCUT2D eigenvalue weighted by Gasteiger charge is -2.14. The van der Waals surface area contributed by atoms with Crippen LogP contribution in [0.3, 0.4) is 0 Å². The Morgan fingerprint density at radius 3 is 2.65 bits per heavy atom. The molecule has 0 bridgehead atoms. The van der Waals surface area contributed by atoms with E-state index in [1.165, 1.54) is 0 Å². The first-order valence-corrected chi connectivity index (χ1v) is 6.00. The van der Waals surface area contributed by atoms with Crippen molar-refractivity contribution in [3.63, 3.8) is 0 Å². The predicted octanol–water partition coefficient (Wildman–Crippen LogP) is 1.34. The summed E-state index contributed by atoms with van der Waals surface area (Å²) >= 11 is 0. The highest BCUT2D eigenvalue weighted by atomic mass is 16.4. The molecular formula is C13H20O4. The van der Waals surface area contributed by atoms with Gasteiger partial charge in [-0.3, -0.25) is 4.79 Å². The van der Waals surface area contributed by atoms with E-state index in [2.05, 4.69) is 6.92 Å². The van der Waals surface area contributed by atoms with Crippen molar-refractivity contribution in [1.29, 1.82) is 0 Å². The summed E-state index contributed by atoms with van der Waals surface area (Å²) in [5, 5.41) is 28.0. The Morgan fingerprint density at radius 1 is 1.35 bits per heavy atom. The van der Waals surface area contributed by atoms with Crippen molar-refractivity contribution in [2.75, 3.05) is 0 Å². The van der Waals surface area contributed by atoms with E-state index in [0.717, 1.165) is 12.8 Å². The summed E-state index contributed by atoms with van der Waals surface area (Å²) in [4.78, 5) is 11.0. The molecule has 0 saturated heterocycles. The number of aliphatic hydroxyl groups is 2. The van der Waals surface area contributed by atoms with Crippen LogP contribution in [0.25, 0.3) is 0 Å². The maximum atomic E-state index is 11.0. The second-order valence-electron chi connectivity index (χ2n) is 4.42. The highest BCUT2D eigenvalue weighted by molar-refractivity contribution is 5.72. The highest BCUT2D eigenvalue weighted by Crippen LogP contribution is 2.33. The minimum absolute atomic E-state index is 0.302. The van der Waals surface area contributed by atoms with E-state index in [4.69, 9.17) is 5.11 Å². The minimum atomic E-state index is -1.17. The van der Waals surface area contributed by atoms with Crippen LogP contribution < -0.4 is 0 Å². The molecule has 0 aromatic rings. The number of allylic oxidation sites excluding steroid dienone is 4. The Balaban J connectivity index is 2.60. The summed E-state index contributed by atoms with van der Waals surface area (Å²) < 4.78 is 0. The largest absolute Gasteiger partial charge is 0.481 e. The van der Waals surface area contributed by atoms with Gasteiger partial charge in [-0.2, -0.15) is 0 Å². The van der Waals surface area contributed by atoms with Crippen molar-refractivity contribution < 1.29 is 20.1 Å². The molecule has 1 aliphatic rings. The average molecular weight is 240 g/mol.